The van der Waals surface area contributed by atoms with Crippen LogP contribution in [-0.2, 0) is 11.3 Å². The second-order valence-electron chi connectivity index (χ2n) is 8.00. The average molecular weight is 495 g/mol. The lowest BCUT2D eigenvalue weighted by atomic mass is 10.1. The fourth-order valence-electron chi connectivity index (χ4n) is 3.90. The Labute approximate surface area is 202 Å². The zero-order valence-electron chi connectivity index (χ0n) is 18.2. The molecule has 0 atom stereocenters. The SMILES string of the molecule is NC(=O)c1ccc(NC(=O)Cn2nc(-c3cccs3)c3sc(N4CCCCC4)nc3c2=O)cc1. The summed E-state index contributed by atoms with van der Waals surface area (Å²) in [6.45, 7) is 1.58. The molecular weight excluding hydrogens is 472 g/mol. The first-order valence-corrected chi connectivity index (χ1v) is 12.6. The Morgan fingerprint density at radius 2 is 1.85 bits per heavy atom. The highest BCUT2D eigenvalue weighted by Gasteiger charge is 2.22. The number of primary amides is 1. The Hall–Kier alpha value is -3.57. The number of thiazole rings is 1. The van der Waals surface area contributed by atoms with E-state index in [9.17, 15) is 14.4 Å². The van der Waals surface area contributed by atoms with Gasteiger partial charge in [-0.3, -0.25) is 14.4 Å². The van der Waals surface area contributed by atoms with Crippen LogP contribution in [0.3, 0.4) is 0 Å². The van der Waals surface area contributed by atoms with E-state index in [0.717, 1.165) is 40.6 Å². The van der Waals surface area contributed by atoms with Gasteiger partial charge in [0.15, 0.2) is 10.6 Å². The smallest absolute Gasteiger partial charge is 0.294 e. The summed E-state index contributed by atoms with van der Waals surface area (Å²) in [6.07, 6.45) is 3.42. The van der Waals surface area contributed by atoms with Gasteiger partial charge in [0.25, 0.3) is 5.56 Å². The molecule has 4 aromatic rings. The Bertz CT molecular complexity index is 1400. The number of thiophene rings is 1. The number of carbonyl (C=O) groups excluding carboxylic acids is 2. The number of hydrogen-bond acceptors (Lipinski definition) is 8. The predicted molar refractivity (Wildman–Crippen MR) is 135 cm³/mol. The quantitative estimate of drug-likeness (QED) is 0.424. The van der Waals surface area contributed by atoms with Crippen molar-refractivity contribution < 1.29 is 9.59 Å². The van der Waals surface area contributed by atoms with E-state index in [1.165, 1.54) is 45.9 Å². The zero-order valence-corrected chi connectivity index (χ0v) is 19.8. The number of anilines is 2. The van der Waals surface area contributed by atoms with Gasteiger partial charge in [-0.15, -0.1) is 11.3 Å². The molecule has 0 radical (unpaired) electrons. The summed E-state index contributed by atoms with van der Waals surface area (Å²) in [7, 11) is 0. The first kappa shape index (κ1) is 22.2. The molecule has 11 heteroatoms. The standard InChI is InChI=1S/C23H22N6O3S2/c24-21(31)14-6-8-15(9-7-14)25-17(30)13-29-22(32)19-20(18(27-29)16-5-4-12-33-16)34-23(26-19)28-10-2-1-3-11-28/h4-9,12H,1-3,10-11,13H2,(H2,24,31)(H,25,30). The van der Waals surface area contributed by atoms with Gasteiger partial charge in [-0.2, -0.15) is 5.10 Å². The maximum atomic E-state index is 13.3. The molecule has 1 fully saturated rings. The number of fused-ring (bicyclic) bond motifs is 1. The van der Waals surface area contributed by atoms with E-state index in [1.54, 1.807) is 12.1 Å². The fourth-order valence-corrected chi connectivity index (χ4v) is 5.79. The van der Waals surface area contributed by atoms with Crippen LogP contribution in [0.4, 0.5) is 10.8 Å². The molecule has 5 rings (SSSR count). The van der Waals surface area contributed by atoms with Crippen LogP contribution >= 0.6 is 22.7 Å². The third-order valence-corrected chi connectivity index (χ3v) is 7.62. The van der Waals surface area contributed by atoms with Crippen LogP contribution < -0.4 is 21.5 Å². The lowest BCUT2D eigenvalue weighted by Crippen LogP contribution is -2.30. The Kier molecular flexibility index (Phi) is 6.12. The molecular formula is C23H22N6O3S2. The summed E-state index contributed by atoms with van der Waals surface area (Å²) in [5, 5.41) is 10.1. The predicted octanol–water partition coefficient (Wildman–Crippen LogP) is 3.31. The van der Waals surface area contributed by atoms with Gasteiger partial charge in [-0.1, -0.05) is 17.4 Å². The monoisotopic (exact) mass is 494 g/mol. The van der Waals surface area contributed by atoms with E-state index in [4.69, 9.17) is 5.73 Å². The number of nitrogens with zero attached hydrogens (tertiary/aromatic N) is 4. The van der Waals surface area contributed by atoms with Crippen molar-refractivity contribution >= 4 is 55.5 Å². The van der Waals surface area contributed by atoms with E-state index in [-0.39, 0.29) is 6.54 Å². The van der Waals surface area contributed by atoms with Crippen LogP contribution in [0.2, 0.25) is 0 Å². The van der Waals surface area contributed by atoms with Gasteiger partial charge in [0, 0.05) is 24.3 Å². The summed E-state index contributed by atoms with van der Waals surface area (Å²) in [5.74, 6) is -0.959. The third kappa shape index (κ3) is 4.44. The number of nitrogens with one attached hydrogen (secondary N) is 1. The molecule has 0 bridgehead atoms. The summed E-state index contributed by atoms with van der Waals surface area (Å²) >= 11 is 3.01. The van der Waals surface area contributed by atoms with Crippen molar-refractivity contribution in [1.29, 1.82) is 0 Å². The van der Waals surface area contributed by atoms with Gasteiger partial charge in [0.2, 0.25) is 11.8 Å². The largest absolute Gasteiger partial charge is 0.366 e. The van der Waals surface area contributed by atoms with E-state index in [1.807, 2.05) is 17.5 Å². The maximum absolute atomic E-state index is 13.3. The van der Waals surface area contributed by atoms with Gasteiger partial charge in [-0.05, 0) is 55.0 Å². The van der Waals surface area contributed by atoms with E-state index < -0.39 is 17.4 Å². The minimum absolute atomic E-state index is 0.263. The fraction of sp³-hybridized carbons (Fsp3) is 0.261. The lowest BCUT2D eigenvalue weighted by molar-refractivity contribution is -0.117. The highest BCUT2D eigenvalue weighted by molar-refractivity contribution is 7.23. The number of aromatic nitrogens is 3. The van der Waals surface area contributed by atoms with Gasteiger partial charge in [0.05, 0.1) is 9.58 Å². The number of piperidine rings is 1. The molecule has 0 aliphatic carbocycles. The van der Waals surface area contributed by atoms with Crippen LogP contribution in [0.25, 0.3) is 20.8 Å². The van der Waals surface area contributed by atoms with Gasteiger partial charge in [-0.25, -0.2) is 9.67 Å². The second-order valence-corrected chi connectivity index (χ2v) is 9.93. The molecule has 34 heavy (non-hydrogen) atoms. The number of rotatable bonds is 6. The first-order valence-electron chi connectivity index (χ1n) is 10.9. The first-order chi connectivity index (χ1) is 16.5. The van der Waals surface area contributed by atoms with Crippen LogP contribution in [0.5, 0.6) is 0 Å². The molecule has 1 aliphatic rings. The summed E-state index contributed by atoms with van der Waals surface area (Å²) < 4.78 is 1.91. The molecule has 3 N–H and O–H groups in total. The van der Waals surface area contributed by atoms with E-state index in [0.29, 0.717) is 22.5 Å². The molecule has 174 valence electrons. The van der Waals surface area contributed by atoms with Crippen LogP contribution in [-0.4, -0.2) is 39.7 Å². The molecule has 0 unspecified atom stereocenters. The third-order valence-electron chi connectivity index (χ3n) is 5.62. The molecule has 9 nitrogen and oxygen atoms in total. The normalized spacial score (nSPS) is 13.8. The van der Waals surface area contributed by atoms with Gasteiger partial charge >= 0.3 is 0 Å². The second kappa shape index (κ2) is 9.35. The highest BCUT2D eigenvalue weighted by atomic mass is 32.1. The molecule has 1 aliphatic heterocycles. The van der Waals surface area contributed by atoms with Crippen molar-refractivity contribution in [2.45, 2.75) is 25.8 Å². The van der Waals surface area contributed by atoms with Crippen molar-refractivity contribution in [3.63, 3.8) is 0 Å². The van der Waals surface area contributed by atoms with Gasteiger partial charge in [0.1, 0.15) is 12.2 Å². The summed E-state index contributed by atoms with van der Waals surface area (Å²) in [5.41, 5.74) is 6.68. The van der Waals surface area contributed by atoms with Crippen LogP contribution in [0.1, 0.15) is 29.6 Å². The minimum atomic E-state index is -0.546. The van der Waals surface area contributed by atoms with Gasteiger partial charge < -0.3 is 16.0 Å². The molecule has 4 heterocycles. The van der Waals surface area contributed by atoms with Crippen LogP contribution in [0.15, 0.2) is 46.6 Å². The zero-order chi connectivity index (χ0) is 23.7. The molecule has 1 saturated heterocycles. The Balaban J connectivity index is 1.48. The summed E-state index contributed by atoms with van der Waals surface area (Å²) in [6, 6.07) is 10.1. The van der Waals surface area contributed by atoms with Crippen molar-refractivity contribution in [1.82, 2.24) is 14.8 Å². The van der Waals surface area contributed by atoms with Crippen LogP contribution in [0, 0.1) is 0 Å². The number of carbonyl (C=O) groups is 2. The van der Waals surface area contributed by atoms with Crippen molar-refractivity contribution in [3.8, 4) is 10.6 Å². The number of nitrogens with two attached hydrogens (primary N) is 1. The molecule has 0 saturated carbocycles. The van der Waals surface area contributed by atoms with E-state index in [2.05, 4.69) is 20.3 Å². The van der Waals surface area contributed by atoms with Crippen molar-refractivity contribution in [3.05, 3.63) is 57.7 Å². The molecule has 3 aromatic heterocycles. The maximum Gasteiger partial charge on any atom is 0.294 e. The van der Waals surface area contributed by atoms with E-state index >= 15 is 0 Å². The topological polar surface area (TPSA) is 123 Å². The molecule has 0 spiro atoms. The Morgan fingerprint density at radius 3 is 2.53 bits per heavy atom. The molecule has 2 amide bonds. The minimum Gasteiger partial charge on any atom is -0.366 e. The average Bonchev–Trinajstić information content (AvgIpc) is 3.53. The number of hydrogen-bond donors (Lipinski definition) is 2. The number of amides is 2. The summed E-state index contributed by atoms with van der Waals surface area (Å²) in [4.78, 5) is 45.0. The molecule has 1 aromatic carbocycles. The highest BCUT2D eigenvalue weighted by Crippen LogP contribution is 2.36. The Morgan fingerprint density at radius 1 is 1.09 bits per heavy atom. The van der Waals surface area contributed by atoms with Crippen molar-refractivity contribution in [2.24, 2.45) is 5.73 Å². The van der Waals surface area contributed by atoms with Crippen molar-refractivity contribution in [2.75, 3.05) is 23.3 Å². The lowest BCUT2D eigenvalue weighted by Gasteiger charge is -2.25. The number of benzene rings is 1.